The van der Waals surface area contributed by atoms with E-state index in [1.807, 2.05) is 72.8 Å². The summed E-state index contributed by atoms with van der Waals surface area (Å²) in [6.07, 6.45) is 0.522. The number of carbonyl (C=O) groups is 2. The molecule has 0 N–H and O–H groups in total. The van der Waals surface area contributed by atoms with Crippen LogP contribution in [0.15, 0.2) is 109 Å². The number of hydrogen-bond acceptors (Lipinski definition) is 3. The van der Waals surface area contributed by atoms with Crippen LogP contribution in [0, 0.1) is 5.41 Å². The van der Waals surface area contributed by atoms with Crippen LogP contribution in [-0.4, -0.2) is 16.3 Å². The van der Waals surface area contributed by atoms with Gasteiger partial charge in [0.1, 0.15) is 0 Å². The number of hydrogen-bond donors (Lipinski definition) is 0. The normalized spacial score (nSPS) is 15.2. The van der Waals surface area contributed by atoms with E-state index < -0.39 is 12.1 Å². The number of esters is 1. The van der Waals surface area contributed by atoms with Crippen molar-refractivity contribution in [2.45, 2.75) is 32.8 Å². The van der Waals surface area contributed by atoms with Gasteiger partial charge in [-0.1, -0.05) is 98.8 Å². The average Bonchev–Trinajstić information content (AvgIpc) is 3.30. The standard InChI is InChI=1S/C34H29NO3/c1-34(2)21-30-27(31(36)22-34)20-29(35(30)28-19-11-17-23-12-9-10-18-26(23)28)32(24-13-5-3-6-14-24)38-33(37)25-15-7-4-8-16-25/h3-20,32H,21-22H2,1-2H3. The Morgan fingerprint density at radius 1 is 0.816 bits per heavy atom. The molecule has 1 heterocycles. The summed E-state index contributed by atoms with van der Waals surface area (Å²) in [5, 5.41) is 2.18. The quantitative estimate of drug-likeness (QED) is 0.233. The Bertz CT molecular complexity index is 1640. The summed E-state index contributed by atoms with van der Waals surface area (Å²) in [4.78, 5) is 26.8. The minimum absolute atomic E-state index is 0.123. The number of rotatable bonds is 5. The largest absolute Gasteiger partial charge is 0.447 e. The van der Waals surface area contributed by atoms with Gasteiger partial charge in [-0.15, -0.1) is 0 Å². The molecule has 1 aromatic heterocycles. The van der Waals surface area contributed by atoms with Crippen LogP contribution < -0.4 is 0 Å². The molecule has 188 valence electrons. The van der Waals surface area contributed by atoms with Crippen LogP contribution in [0.1, 0.15) is 64.0 Å². The summed E-state index contributed by atoms with van der Waals surface area (Å²) in [6, 6.07) is 35.2. The first kappa shape index (κ1) is 23.9. The van der Waals surface area contributed by atoms with E-state index in [1.165, 1.54) is 0 Å². The maximum absolute atomic E-state index is 13.4. The lowest BCUT2D eigenvalue weighted by atomic mass is 9.76. The molecule has 4 aromatic carbocycles. The van der Waals surface area contributed by atoms with Gasteiger partial charge in [-0.05, 0) is 47.1 Å². The molecule has 38 heavy (non-hydrogen) atoms. The highest BCUT2D eigenvalue weighted by Crippen LogP contribution is 2.42. The van der Waals surface area contributed by atoms with Gasteiger partial charge < -0.3 is 9.30 Å². The maximum Gasteiger partial charge on any atom is 0.339 e. The molecule has 0 aliphatic heterocycles. The van der Waals surface area contributed by atoms with E-state index >= 15 is 0 Å². The fourth-order valence-corrected chi connectivity index (χ4v) is 5.59. The van der Waals surface area contributed by atoms with Crippen molar-refractivity contribution in [2.75, 3.05) is 0 Å². The summed E-state index contributed by atoms with van der Waals surface area (Å²) < 4.78 is 8.45. The molecule has 0 saturated carbocycles. The van der Waals surface area contributed by atoms with Crippen LogP contribution >= 0.6 is 0 Å². The second-order valence-corrected chi connectivity index (χ2v) is 10.8. The molecule has 4 nitrogen and oxygen atoms in total. The van der Waals surface area contributed by atoms with Crippen molar-refractivity contribution in [3.05, 3.63) is 137 Å². The van der Waals surface area contributed by atoms with Gasteiger partial charge in [-0.25, -0.2) is 4.79 Å². The highest BCUT2D eigenvalue weighted by Gasteiger charge is 2.37. The number of ether oxygens (including phenoxy) is 1. The molecule has 1 unspecified atom stereocenters. The molecule has 0 fully saturated rings. The van der Waals surface area contributed by atoms with E-state index in [4.69, 9.17) is 4.74 Å². The minimum atomic E-state index is -0.704. The van der Waals surface area contributed by atoms with Crippen LogP contribution in [0.5, 0.6) is 0 Å². The molecular weight excluding hydrogens is 470 g/mol. The van der Waals surface area contributed by atoms with Crippen molar-refractivity contribution in [3.63, 3.8) is 0 Å². The SMILES string of the molecule is CC1(C)CC(=O)c2cc(C(OC(=O)c3ccccc3)c3ccccc3)n(-c3cccc4ccccc34)c2C1. The number of nitrogens with zero attached hydrogens (tertiary/aromatic N) is 1. The van der Waals surface area contributed by atoms with Gasteiger partial charge in [0, 0.05) is 23.1 Å². The number of carbonyl (C=O) groups excluding carboxylic acids is 2. The molecule has 0 amide bonds. The Morgan fingerprint density at radius 3 is 2.24 bits per heavy atom. The Balaban J connectivity index is 1.61. The van der Waals surface area contributed by atoms with Gasteiger partial charge in [-0.3, -0.25) is 4.79 Å². The van der Waals surface area contributed by atoms with Gasteiger partial charge in [-0.2, -0.15) is 0 Å². The van der Waals surface area contributed by atoms with Crippen molar-refractivity contribution >= 4 is 22.5 Å². The first-order chi connectivity index (χ1) is 18.4. The zero-order valence-electron chi connectivity index (χ0n) is 21.6. The van der Waals surface area contributed by atoms with Crippen molar-refractivity contribution < 1.29 is 14.3 Å². The smallest absolute Gasteiger partial charge is 0.339 e. The summed E-state index contributed by atoms with van der Waals surface area (Å²) in [5.74, 6) is -0.285. The van der Waals surface area contributed by atoms with Crippen LogP contribution in [0.4, 0.5) is 0 Å². The third kappa shape index (κ3) is 4.32. The topological polar surface area (TPSA) is 48.3 Å². The average molecular weight is 500 g/mol. The summed E-state index contributed by atoms with van der Waals surface area (Å²) >= 11 is 0. The van der Waals surface area contributed by atoms with E-state index in [2.05, 4.69) is 42.7 Å². The van der Waals surface area contributed by atoms with Crippen LogP contribution in [0.25, 0.3) is 16.5 Å². The predicted molar refractivity (Wildman–Crippen MR) is 150 cm³/mol. The molecule has 1 aliphatic carbocycles. The van der Waals surface area contributed by atoms with E-state index in [0.29, 0.717) is 17.5 Å². The number of ketones is 1. The fourth-order valence-electron chi connectivity index (χ4n) is 5.59. The van der Waals surface area contributed by atoms with Crippen LogP contribution in [-0.2, 0) is 11.2 Å². The fraction of sp³-hybridized carbons (Fsp3) is 0.176. The second kappa shape index (κ2) is 9.46. The maximum atomic E-state index is 13.4. The van der Waals surface area contributed by atoms with Gasteiger partial charge in [0.2, 0.25) is 0 Å². The molecule has 0 radical (unpaired) electrons. The van der Waals surface area contributed by atoms with Crippen molar-refractivity contribution in [3.8, 4) is 5.69 Å². The van der Waals surface area contributed by atoms with Crippen molar-refractivity contribution in [1.82, 2.24) is 4.57 Å². The summed E-state index contributed by atoms with van der Waals surface area (Å²) in [5.41, 5.74) is 4.58. The molecule has 5 aromatic rings. The van der Waals surface area contributed by atoms with Gasteiger partial charge in [0.15, 0.2) is 11.9 Å². The lowest BCUT2D eigenvalue weighted by Gasteiger charge is -2.30. The third-order valence-electron chi connectivity index (χ3n) is 7.33. The molecular formula is C34H29NO3. The molecule has 6 rings (SSSR count). The Kier molecular flexibility index (Phi) is 5.96. The Labute approximate surface area is 222 Å². The lowest BCUT2D eigenvalue weighted by Crippen LogP contribution is -2.28. The van der Waals surface area contributed by atoms with E-state index in [9.17, 15) is 9.59 Å². The first-order valence-corrected chi connectivity index (χ1v) is 13.0. The molecule has 0 saturated heterocycles. The molecule has 1 atom stereocenters. The number of benzene rings is 4. The summed E-state index contributed by atoms with van der Waals surface area (Å²) in [7, 11) is 0. The predicted octanol–water partition coefficient (Wildman–Crippen LogP) is 7.73. The van der Waals surface area contributed by atoms with Crippen molar-refractivity contribution in [1.29, 1.82) is 0 Å². The summed E-state index contributed by atoms with van der Waals surface area (Å²) in [6.45, 7) is 4.27. The zero-order valence-corrected chi connectivity index (χ0v) is 21.6. The molecule has 0 bridgehead atoms. The van der Waals surface area contributed by atoms with Crippen LogP contribution in [0.2, 0.25) is 0 Å². The highest BCUT2D eigenvalue weighted by molar-refractivity contribution is 6.00. The zero-order chi connectivity index (χ0) is 26.3. The second-order valence-electron chi connectivity index (χ2n) is 10.8. The molecule has 1 aliphatic rings. The monoisotopic (exact) mass is 499 g/mol. The Morgan fingerprint density at radius 2 is 1.47 bits per heavy atom. The van der Waals surface area contributed by atoms with Crippen molar-refractivity contribution in [2.24, 2.45) is 5.41 Å². The first-order valence-electron chi connectivity index (χ1n) is 13.0. The molecule has 0 spiro atoms. The van der Waals surface area contributed by atoms with Gasteiger partial charge in [0.05, 0.1) is 16.9 Å². The van der Waals surface area contributed by atoms with E-state index in [1.54, 1.807) is 12.1 Å². The Hall–Kier alpha value is -4.44. The van der Waals surface area contributed by atoms with E-state index in [-0.39, 0.29) is 11.2 Å². The number of aromatic nitrogens is 1. The molecule has 4 heteroatoms. The third-order valence-corrected chi connectivity index (χ3v) is 7.33. The van der Waals surface area contributed by atoms with E-state index in [0.717, 1.165) is 39.8 Å². The minimum Gasteiger partial charge on any atom is -0.447 e. The highest BCUT2D eigenvalue weighted by atomic mass is 16.5. The van der Waals surface area contributed by atoms with Gasteiger partial charge >= 0.3 is 5.97 Å². The number of fused-ring (bicyclic) bond motifs is 2. The van der Waals surface area contributed by atoms with Gasteiger partial charge in [0.25, 0.3) is 0 Å². The number of Topliss-reactive ketones (excluding diaryl/α,β-unsaturated/α-hetero) is 1. The van der Waals surface area contributed by atoms with Crippen LogP contribution in [0.3, 0.4) is 0 Å². The lowest BCUT2D eigenvalue weighted by molar-refractivity contribution is 0.0367.